The fraction of sp³-hybridized carbons (Fsp3) is 0.417. The number of para-hydroxylation sites is 2. The Kier molecular flexibility index (Phi) is 6.50. The van der Waals surface area contributed by atoms with Crippen LogP contribution in [0.15, 0.2) is 36.4 Å². The summed E-state index contributed by atoms with van der Waals surface area (Å²) in [5, 5.41) is 3.01. The first kappa shape index (κ1) is 20.1. The van der Waals surface area contributed by atoms with E-state index in [0.717, 1.165) is 37.1 Å². The molecular formula is C24H31N3O. The van der Waals surface area contributed by atoms with Crippen LogP contribution in [0.2, 0.25) is 0 Å². The Morgan fingerprint density at radius 1 is 1.11 bits per heavy atom. The molecule has 4 nitrogen and oxygen atoms in total. The van der Waals surface area contributed by atoms with Crippen LogP contribution in [0.3, 0.4) is 0 Å². The standard InChI is InChI=1S/C24H31N3O/c1-5-9-24(28)25-13-8-12-23-26-21-10-6-7-11-22(21)27(23)16-20-18(3)14-17(2)15-19(20)4/h6-7,10-11,14-15H,5,8-9,12-13,16H2,1-4H3,(H,25,28). The monoisotopic (exact) mass is 377 g/mol. The number of aromatic nitrogens is 2. The van der Waals surface area contributed by atoms with Gasteiger partial charge in [0.1, 0.15) is 5.82 Å². The summed E-state index contributed by atoms with van der Waals surface area (Å²) >= 11 is 0. The number of carbonyl (C=O) groups excluding carboxylic acids is 1. The van der Waals surface area contributed by atoms with Gasteiger partial charge in [0.25, 0.3) is 0 Å². The van der Waals surface area contributed by atoms with Crippen molar-refractivity contribution in [1.82, 2.24) is 14.9 Å². The lowest BCUT2D eigenvalue weighted by Gasteiger charge is -2.15. The van der Waals surface area contributed by atoms with E-state index in [1.807, 2.05) is 13.0 Å². The maximum absolute atomic E-state index is 11.7. The van der Waals surface area contributed by atoms with Crippen molar-refractivity contribution in [2.75, 3.05) is 6.54 Å². The van der Waals surface area contributed by atoms with Crippen LogP contribution >= 0.6 is 0 Å². The van der Waals surface area contributed by atoms with E-state index in [0.29, 0.717) is 13.0 Å². The van der Waals surface area contributed by atoms with Gasteiger partial charge in [-0.3, -0.25) is 4.79 Å². The maximum Gasteiger partial charge on any atom is 0.219 e. The summed E-state index contributed by atoms with van der Waals surface area (Å²) in [6.07, 6.45) is 3.23. The van der Waals surface area contributed by atoms with E-state index in [1.54, 1.807) is 0 Å². The minimum Gasteiger partial charge on any atom is -0.356 e. The molecule has 2 aromatic carbocycles. The molecule has 148 valence electrons. The molecule has 0 atom stereocenters. The number of carbonyl (C=O) groups is 1. The van der Waals surface area contributed by atoms with Crippen LogP contribution in [0.4, 0.5) is 0 Å². The number of rotatable bonds is 8. The van der Waals surface area contributed by atoms with Gasteiger partial charge in [0, 0.05) is 25.9 Å². The number of hydrogen-bond donors (Lipinski definition) is 1. The van der Waals surface area contributed by atoms with Crippen molar-refractivity contribution in [1.29, 1.82) is 0 Å². The Morgan fingerprint density at radius 3 is 2.54 bits per heavy atom. The lowest BCUT2D eigenvalue weighted by Crippen LogP contribution is -2.24. The molecule has 0 spiro atoms. The first-order valence-corrected chi connectivity index (χ1v) is 10.3. The van der Waals surface area contributed by atoms with Gasteiger partial charge in [0.15, 0.2) is 0 Å². The Bertz CT molecular complexity index is 948. The van der Waals surface area contributed by atoms with Crippen LogP contribution < -0.4 is 5.32 Å². The number of nitrogens with one attached hydrogen (secondary N) is 1. The molecule has 0 aliphatic carbocycles. The van der Waals surface area contributed by atoms with Crippen LogP contribution in [0.5, 0.6) is 0 Å². The maximum atomic E-state index is 11.7. The average Bonchev–Trinajstić information content (AvgIpc) is 2.99. The SMILES string of the molecule is CCCC(=O)NCCCc1nc2ccccc2n1Cc1c(C)cc(C)cc1C. The Morgan fingerprint density at radius 2 is 1.82 bits per heavy atom. The summed E-state index contributed by atoms with van der Waals surface area (Å²) in [7, 11) is 0. The van der Waals surface area contributed by atoms with Gasteiger partial charge in [-0.2, -0.15) is 0 Å². The molecular weight excluding hydrogens is 346 g/mol. The number of amides is 1. The molecule has 0 radical (unpaired) electrons. The highest BCUT2D eigenvalue weighted by molar-refractivity contribution is 5.76. The zero-order chi connectivity index (χ0) is 20.1. The summed E-state index contributed by atoms with van der Waals surface area (Å²) in [6, 6.07) is 12.8. The van der Waals surface area contributed by atoms with Crippen LogP contribution in [0.1, 0.15) is 54.3 Å². The fourth-order valence-electron chi connectivity index (χ4n) is 3.90. The Hall–Kier alpha value is -2.62. The van der Waals surface area contributed by atoms with E-state index in [-0.39, 0.29) is 5.91 Å². The van der Waals surface area contributed by atoms with Gasteiger partial charge in [0.2, 0.25) is 5.91 Å². The number of hydrogen-bond acceptors (Lipinski definition) is 2. The van der Waals surface area contributed by atoms with Crippen molar-refractivity contribution in [3.63, 3.8) is 0 Å². The summed E-state index contributed by atoms with van der Waals surface area (Å²) in [5.74, 6) is 1.23. The Labute approximate surface area is 168 Å². The first-order chi connectivity index (χ1) is 13.5. The highest BCUT2D eigenvalue weighted by Crippen LogP contribution is 2.23. The molecule has 3 aromatic rings. The van der Waals surface area contributed by atoms with Crippen molar-refractivity contribution in [2.45, 2.75) is 59.9 Å². The number of fused-ring (bicyclic) bond motifs is 1. The van der Waals surface area contributed by atoms with Crippen molar-refractivity contribution >= 4 is 16.9 Å². The minimum atomic E-state index is 0.141. The molecule has 0 saturated heterocycles. The second-order valence-electron chi connectivity index (χ2n) is 7.68. The van der Waals surface area contributed by atoms with E-state index in [2.05, 4.69) is 61.0 Å². The van der Waals surface area contributed by atoms with Crippen LogP contribution in [0.25, 0.3) is 11.0 Å². The van der Waals surface area contributed by atoms with E-state index < -0.39 is 0 Å². The number of benzene rings is 2. The third-order valence-corrected chi connectivity index (χ3v) is 5.27. The summed E-state index contributed by atoms with van der Waals surface area (Å²) in [6.45, 7) is 10.1. The van der Waals surface area contributed by atoms with Gasteiger partial charge in [0.05, 0.1) is 11.0 Å². The van der Waals surface area contributed by atoms with Crippen molar-refractivity contribution in [2.24, 2.45) is 0 Å². The zero-order valence-corrected chi connectivity index (χ0v) is 17.5. The second-order valence-corrected chi connectivity index (χ2v) is 7.68. The minimum absolute atomic E-state index is 0.141. The van der Waals surface area contributed by atoms with Crippen molar-refractivity contribution in [3.8, 4) is 0 Å². The third kappa shape index (κ3) is 4.61. The smallest absolute Gasteiger partial charge is 0.219 e. The van der Waals surface area contributed by atoms with Crippen LogP contribution in [-0.4, -0.2) is 22.0 Å². The van der Waals surface area contributed by atoms with Crippen LogP contribution in [0, 0.1) is 20.8 Å². The zero-order valence-electron chi connectivity index (χ0n) is 17.5. The fourth-order valence-corrected chi connectivity index (χ4v) is 3.90. The van der Waals surface area contributed by atoms with Gasteiger partial charge in [-0.05, 0) is 62.4 Å². The molecule has 1 heterocycles. The molecule has 0 unspecified atom stereocenters. The van der Waals surface area contributed by atoms with Crippen molar-refractivity contribution in [3.05, 3.63) is 64.5 Å². The molecule has 0 fully saturated rings. The molecule has 1 aromatic heterocycles. The average molecular weight is 378 g/mol. The van der Waals surface area contributed by atoms with Crippen molar-refractivity contribution < 1.29 is 4.79 Å². The number of nitrogens with zero attached hydrogens (tertiary/aromatic N) is 2. The molecule has 0 aliphatic rings. The highest BCUT2D eigenvalue weighted by Gasteiger charge is 2.13. The van der Waals surface area contributed by atoms with E-state index in [1.165, 1.54) is 27.8 Å². The molecule has 3 rings (SSSR count). The molecule has 0 saturated carbocycles. The third-order valence-electron chi connectivity index (χ3n) is 5.27. The Balaban J connectivity index is 1.83. The lowest BCUT2D eigenvalue weighted by molar-refractivity contribution is -0.121. The van der Waals surface area contributed by atoms with E-state index in [9.17, 15) is 4.79 Å². The lowest BCUT2D eigenvalue weighted by atomic mass is 9.99. The second kappa shape index (κ2) is 9.05. The summed E-state index contributed by atoms with van der Waals surface area (Å²) < 4.78 is 2.34. The van der Waals surface area contributed by atoms with E-state index in [4.69, 9.17) is 4.98 Å². The van der Waals surface area contributed by atoms with Gasteiger partial charge < -0.3 is 9.88 Å². The molecule has 0 bridgehead atoms. The molecule has 28 heavy (non-hydrogen) atoms. The molecule has 1 amide bonds. The van der Waals surface area contributed by atoms with Gasteiger partial charge in [-0.15, -0.1) is 0 Å². The van der Waals surface area contributed by atoms with Gasteiger partial charge >= 0.3 is 0 Å². The number of aryl methyl sites for hydroxylation is 4. The van der Waals surface area contributed by atoms with Crippen LogP contribution in [-0.2, 0) is 17.8 Å². The summed E-state index contributed by atoms with van der Waals surface area (Å²) in [4.78, 5) is 16.6. The highest BCUT2D eigenvalue weighted by atomic mass is 16.1. The summed E-state index contributed by atoms with van der Waals surface area (Å²) in [5.41, 5.74) is 7.53. The molecule has 4 heteroatoms. The van der Waals surface area contributed by atoms with Gasteiger partial charge in [-0.25, -0.2) is 4.98 Å². The first-order valence-electron chi connectivity index (χ1n) is 10.3. The van der Waals surface area contributed by atoms with Gasteiger partial charge in [-0.1, -0.05) is 36.8 Å². The topological polar surface area (TPSA) is 46.9 Å². The predicted molar refractivity (Wildman–Crippen MR) is 116 cm³/mol. The molecule has 1 N–H and O–H groups in total. The quantitative estimate of drug-likeness (QED) is 0.570. The predicted octanol–water partition coefficient (Wildman–Crippen LogP) is 4.86. The largest absolute Gasteiger partial charge is 0.356 e. The molecule has 0 aliphatic heterocycles. The van der Waals surface area contributed by atoms with E-state index >= 15 is 0 Å². The normalized spacial score (nSPS) is 11.1. The number of imidazole rings is 1.